The van der Waals surface area contributed by atoms with Crippen LogP contribution in [0.25, 0.3) is 0 Å². The van der Waals surface area contributed by atoms with Crippen molar-refractivity contribution in [1.82, 2.24) is 0 Å². The van der Waals surface area contributed by atoms with Gasteiger partial charge in [0.2, 0.25) is 0 Å². The van der Waals surface area contributed by atoms with E-state index < -0.39 is 0 Å². The van der Waals surface area contributed by atoms with Gasteiger partial charge < -0.3 is 0 Å². The van der Waals surface area contributed by atoms with Crippen LogP contribution in [0.1, 0.15) is 72.6 Å². The van der Waals surface area contributed by atoms with E-state index in [1.807, 2.05) is 13.8 Å². The monoisotopic (exact) mass is 182 g/mol. The third-order valence-electron chi connectivity index (χ3n) is 4.45. The fourth-order valence-electron chi connectivity index (χ4n) is 3.45. The summed E-state index contributed by atoms with van der Waals surface area (Å²) in [6.07, 6.45) is 10.6. The lowest BCUT2D eigenvalue weighted by Gasteiger charge is -2.38. The summed E-state index contributed by atoms with van der Waals surface area (Å²) in [7, 11) is 0. The molecule has 78 valence electrons. The summed E-state index contributed by atoms with van der Waals surface area (Å²) in [6.45, 7) is 8.98. The SMILES string of the molecule is CC.CC1(C)CCCC12CCCC2. The summed E-state index contributed by atoms with van der Waals surface area (Å²) in [5, 5.41) is 0. The molecule has 0 atom stereocenters. The largest absolute Gasteiger partial charge is 0.0683 e. The zero-order valence-corrected chi connectivity index (χ0v) is 9.95. The van der Waals surface area contributed by atoms with Gasteiger partial charge in [-0.1, -0.05) is 47.0 Å². The van der Waals surface area contributed by atoms with Crippen molar-refractivity contribution >= 4 is 0 Å². The van der Waals surface area contributed by atoms with Crippen molar-refractivity contribution < 1.29 is 0 Å². The summed E-state index contributed by atoms with van der Waals surface area (Å²) >= 11 is 0. The van der Waals surface area contributed by atoms with Crippen LogP contribution in [0, 0.1) is 10.8 Å². The second-order valence-electron chi connectivity index (χ2n) is 5.22. The minimum absolute atomic E-state index is 0.670. The molecule has 2 aliphatic rings. The van der Waals surface area contributed by atoms with Crippen molar-refractivity contribution in [3.8, 4) is 0 Å². The highest BCUT2D eigenvalue weighted by Gasteiger charge is 2.49. The highest BCUT2D eigenvalue weighted by Crippen LogP contribution is 2.60. The Kier molecular flexibility index (Phi) is 3.43. The molecule has 2 aliphatic carbocycles. The summed E-state index contributed by atoms with van der Waals surface area (Å²) in [6, 6.07) is 0. The maximum Gasteiger partial charge on any atom is -0.0246 e. The molecule has 0 amide bonds. The Morgan fingerprint density at radius 2 is 1.15 bits per heavy atom. The van der Waals surface area contributed by atoms with Crippen LogP contribution in [0.4, 0.5) is 0 Å². The molecule has 0 saturated heterocycles. The number of hydrogen-bond donors (Lipinski definition) is 0. The van der Waals surface area contributed by atoms with Crippen LogP contribution in [0.2, 0.25) is 0 Å². The van der Waals surface area contributed by atoms with Gasteiger partial charge in [-0.25, -0.2) is 0 Å². The van der Waals surface area contributed by atoms with Crippen molar-refractivity contribution in [3.05, 3.63) is 0 Å². The zero-order valence-electron chi connectivity index (χ0n) is 9.95. The molecule has 0 aromatic carbocycles. The zero-order chi connectivity index (χ0) is 9.95. The quantitative estimate of drug-likeness (QED) is 0.505. The molecule has 0 bridgehead atoms. The van der Waals surface area contributed by atoms with Crippen LogP contribution in [-0.4, -0.2) is 0 Å². The van der Waals surface area contributed by atoms with E-state index in [-0.39, 0.29) is 0 Å². The van der Waals surface area contributed by atoms with Crippen molar-refractivity contribution in [3.63, 3.8) is 0 Å². The molecule has 0 heterocycles. The van der Waals surface area contributed by atoms with Gasteiger partial charge in [0.15, 0.2) is 0 Å². The molecule has 0 radical (unpaired) electrons. The molecule has 0 heteroatoms. The highest BCUT2D eigenvalue weighted by atomic mass is 14.5. The van der Waals surface area contributed by atoms with Crippen LogP contribution in [0.3, 0.4) is 0 Å². The topological polar surface area (TPSA) is 0 Å². The first-order valence-corrected chi connectivity index (χ1v) is 6.16. The van der Waals surface area contributed by atoms with Crippen molar-refractivity contribution in [1.29, 1.82) is 0 Å². The average Bonchev–Trinajstić information content (AvgIpc) is 2.67. The van der Waals surface area contributed by atoms with Gasteiger partial charge in [-0.15, -0.1) is 0 Å². The van der Waals surface area contributed by atoms with E-state index in [2.05, 4.69) is 13.8 Å². The normalized spacial score (nSPS) is 28.6. The van der Waals surface area contributed by atoms with Gasteiger partial charge >= 0.3 is 0 Å². The Morgan fingerprint density at radius 3 is 1.54 bits per heavy atom. The second kappa shape index (κ2) is 4.02. The van der Waals surface area contributed by atoms with Gasteiger partial charge in [-0.3, -0.25) is 0 Å². The van der Waals surface area contributed by atoms with Gasteiger partial charge in [0.05, 0.1) is 0 Å². The summed E-state index contributed by atoms with van der Waals surface area (Å²) in [5.74, 6) is 0. The average molecular weight is 182 g/mol. The molecule has 2 rings (SSSR count). The molecule has 0 unspecified atom stereocenters. The van der Waals surface area contributed by atoms with Crippen LogP contribution in [0.15, 0.2) is 0 Å². The first-order valence-electron chi connectivity index (χ1n) is 6.16. The van der Waals surface area contributed by atoms with Gasteiger partial charge in [0.25, 0.3) is 0 Å². The molecule has 13 heavy (non-hydrogen) atoms. The molecule has 0 aliphatic heterocycles. The lowest BCUT2D eigenvalue weighted by atomic mass is 9.67. The van der Waals surface area contributed by atoms with Gasteiger partial charge in [-0.05, 0) is 36.5 Å². The van der Waals surface area contributed by atoms with Crippen molar-refractivity contribution in [2.45, 2.75) is 72.6 Å². The van der Waals surface area contributed by atoms with Crippen LogP contribution in [0.5, 0.6) is 0 Å². The van der Waals surface area contributed by atoms with E-state index in [1.165, 1.54) is 44.9 Å². The van der Waals surface area contributed by atoms with E-state index in [1.54, 1.807) is 0 Å². The minimum Gasteiger partial charge on any atom is -0.0683 e. The minimum atomic E-state index is 0.670. The van der Waals surface area contributed by atoms with E-state index in [9.17, 15) is 0 Å². The Bertz CT molecular complexity index is 144. The first-order chi connectivity index (χ1) is 6.16. The van der Waals surface area contributed by atoms with Gasteiger partial charge in [0, 0.05) is 0 Å². The molecular formula is C13H26. The van der Waals surface area contributed by atoms with E-state index in [4.69, 9.17) is 0 Å². The Hall–Kier alpha value is 0. The van der Waals surface area contributed by atoms with E-state index in [0.29, 0.717) is 5.41 Å². The summed E-state index contributed by atoms with van der Waals surface area (Å²) < 4.78 is 0. The molecule has 0 nitrogen and oxygen atoms in total. The smallest absolute Gasteiger partial charge is 0.0246 e. The predicted molar refractivity (Wildman–Crippen MR) is 59.9 cm³/mol. The Balaban J connectivity index is 0.000000396. The van der Waals surface area contributed by atoms with E-state index >= 15 is 0 Å². The summed E-state index contributed by atoms with van der Waals surface area (Å²) in [4.78, 5) is 0. The first kappa shape index (κ1) is 11.1. The van der Waals surface area contributed by atoms with Crippen molar-refractivity contribution in [2.24, 2.45) is 10.8 Å². The van der Waals surface area contributed by atoms with Gasteiger partial charge in [0.1, 0.15) is 0 Å². The lowest BCUT2D eigenvalue weighted by molar-refractivity contribution is 0.117. The summed E-state index contributed by atoms with van der Waals surface area (Å²) in [5.41, 5.74) is 1.45. The van der Waals surface area contributed by atoms with Crippen LogP contribution < -0.4 is 0 Å². The number of hydrogen-bond acceptors (Lipinski definition) is 0. The maximum absolute atomic E-state index is 2.49. The molecule has 0 N–H and O–H groups in total. The maximum atomic E-state index is 2.49. The molecular weight excluding hydrogens is 156 g/mol. The third-order valence-corrected chi connectivity index (χ3v) is 4.45. The second-order valence-corrected chi connectivity index (χ2v) is 5.22. The fraction of sp³-hybridized carbons (Fsp3) is 1.00. The lowest BCUT2D eigenvalue weighted by Crippen LogP contribution is -2.29. The third kappa shape index (κ3) is 1.78. The number of rotatable bonds is 0. The molecule has 2 fully saturated rings. The fourth-order valence-corrected chi connectivity index (χ4v) is 3.45. The van der Waals surface area contributed by atoms with Crippen LogP contribution in [-0.2, 0) is 0 Å². The molecule has 0 aromatic heterocycles. The van der Waals surface area contributed by atoms with Gasteiger partial charge in [-0.2, -0.15) is 0 Å². The standard InChI is InChI=1S/C11H20.C2H6/c1-10(2)6-5-9-11(10)7-3-4-8-11;1-2/h3-9H2,1-2H3;1-2H3. The molecule has 2 saturated carbocycles. The molecule has 0 aromatic rings. The Labute approximate surface area is 84.1 Å². The Morgan fingerprint density at radius 1 is 0.692 bits per heavy atom. The predicted octanol–water partition coefficient (Wildman–Crippen LogP) is 4.78. The highest BCUT2D eigenvalue weighted by molar-refractivity contribution is 5.00. The van der Waals surface area contributed by atoms with E-state index in [0.717, 1.165) is 5.41 Å². The molecule has 1 spiro atoms. The van der Waals surface area contributed by atoms with Crippen LogP contribution >= 0.6 is 0 Å². The van der Waals surface area contributed by atoms with Crippen molar-refractivity contribution in [2.75, 3.05) is 0 Å².